The van der Waals surface area contributed by atoms with Crippen molar-refractivity contribution in [2.45, 2.75) is 20.0 Å². The maximum Gasteiger partial charge on any atom is 0.192 e. The highest BCUT2D eigenvalue weighted by Crippen LogP contribution is 2.46. The molecule has 1 aliphatic rings. The van der Waals surface area contributed by atoms with Gasteiger partial charge in [0.1, 0.15) is 0 Å². The Morgan fingerprint density at radius 3 is 2.61 bits per heavy atom. The summed E-state index contributed by atoms with van der Waals surface area (Å²) in [5, 5.41) is 3.35. The molecular weight excluding hydrogens is 226 g/mol. The molecule has 3 nitrogen and oxygen atoms in total. The first-order chi connectivity index (χ1) is 8.74. The van der Waals surface area contributed by atoms with Gasteiger partial charge in [-0.15, -0.1) is 0 Å². The van der Waals surface area contributed by atoms with Crippen LogP contribution in [-0.4, -0.2) is 6.10 Å². The van der Waals surface area contributed by atoms with Crippen molar-refractivity contribution in [2.75, 3.05) is 5.32 Å². The van der Waals surface area contributed by atoms with Gasteiger partial charge in [-0.3, -0.25) is 0 Å². The molecule has 0 aliphatic carbocycles. The molecule has 0 spiro atoms. The largest absolute Gasteiger partial charge is 0.487 e. The molecule has 2 aromatic rings. The lowest BCUT2D eigenvalue weighted by molar-refractivity contribution is 0.233. The zero-order valence-electron chi connectivity index (χ0n) is 10.4. The number of hydrogen-bond donors (Lipinski definition) is 1. The maximum absolute atomic E-state index is 5.92. The molecule has 2 aromatic carbocycles. The van der Waals surface area contributed by atoms with Gasteiger partial charge in [0.05, 0.1) is 17.5 Å². The molecule has 18 heavy (non-hydrogen) atoms. The third-order valence-electron chi connectivity index (χ3n) is 2.71. The fourth-order valence-electron chi connectivity index (χ4n) is 1.98. The lowest BCUT2D eigenvalue weighted by Crippen LogP contribution is -2.09. The fraction of sp³-hybridized carbons (Fsp3) is 0.200. The van der Waals surface area contributed by atoms with Crippen LogP contribution in [0.15, 0.2) is 42.5 Å². The van der Waals surface area contributed by atoms with E-state index >= 15 is 0 Å². The minimum atomic E-state index is 0.122. The molecule has 0 fully saturated rings. The van der Waals surface area contributed by atoms with Crippen molar-refractivity contribution in [3.05, 3.63) is 42.5 Å². The SMILES string of the molecule is CC(C)Oc1cccc2c1Oc1ccccc1N2. The highest BCUT2D eigenvalue weighted by molar-refractivity contribution is 5.77. The summed E-state index contributed by atoms with van der Waals surface area (Å²) in [7, 11) is 0. The summed E-state index contributed by atoms with van der Waals surface area (Å²) in [6, 6.07) is 13.7. The second-order valence-electron chi connectivity index (χ2n) is 4.52. The standard InChI is InChI=1S/C15H15NO2/c1-10(2)17-14-9-5-7-12-15(14)18-13-8-4-3-6-11(13)16-12/h3-10,16H,1-2H3. The topological polar surface area (TPSA) is 30.5 Å². The lowest BCUT2D eigenvalue weighted by Gasteiger charge is -2.24. The molecule has 0 unspecified atom stereocenters. The minimum Gasteiger partial charge on any atom is -0.487 e. The Kier molecular flexibility index (Phi) is 2.59. The molecular formula is C15H15NO2. The molecule has 0 saturated carbocycles. The number of hydrogen-bond acceptors (Lipinski definition) is 3. The van der Waals surface area contributed by atoms with Crippen LogP contribution < -0.4 is 14.8 Å². The van der Waals surface area contributed by atoms with Gasteiger partial charge in [0, 0.05) is 0 Å². The Morgan fingerprint density at radius 1 is 1.00 bits per heavy atom. The first kappa shape index (κ1) is 11.0. The Hall–Kier alpha value is -2.16. The first-order valence-electron chi connectivity index (χ1n) is 6.07. The number of anilines is 2. The summed E-state index contributed by atoms with van der Waals surface area (Å²) in [5.74, 6) is 2.35. The number of benzene rings is 2. The average molecular weight is 241 g/mol. The van der Waals surface area contributed by atoms with Gasteiger partial charge in [-0.25, -0.2) is 0 Å². The van der Waals surface area contributed by atoms with Crippen molar-refractivity contribution >= 4 is 11.4 Å². The number of nitrogens with one attached hydrogen (secondary N) is 1. The van der Waals surface area contributed by atoms with Crippen LogP contribution in [0.25, 0.3) is 0 Å². The lowest BCUT2D eigenvalue weighted by atomic mass is 10.2. The number of para-hydroxylation sites is 3. The van der Waals surface area contributed by atoms with E-state index in [1.54, 1.807) is 0 Å². The minimum absolute atomic E-state index is 0.122. The molecule has 1 heterocycles. The Bertz CT molecular complexity index is 578. The number of ether oxygens (including phenoxy) is 2. The van der Waals surface area contributed by atoms with Crippen molar-refractivity contribution in [3.63, 3.8) is 0 Å². The van der Waals surface area contributed by atoms with Crippen LogP contribution >= 0.6 is 0 Å². The predicted molar refractivity (Wildman–Crippen MR) is 72.0 cm³/mol. The summed E-state index contributed by atoms with van der Waals surface area (Å²) < 4.78 is 11.7. The van der Waals surface area contributed by atoms with Gasteiger partial charge in [0.2, 0.25) is 0 Å². The van der Waals surface area contributed by atoms with Crippen molar-refractivity contribution in [1.29, 1.82) is 0 Å². The van der Waals surface area contributed by atoms with E-state index < -0.39 is 0 Å². The summed E-state index contributed by atoms with van der Waals surface area (Å²) >= 11 is 0. The monoisotopic (exact) mass is 241 g/mol. The van der Waals surface area contributed by atoms with Crippen molar-refractivity contribution in [3.8, 4) is 17.2 Å². The van der Waals surface area contributed by atoms with Gasteiger partial charge in [0.25, 0.3) is 0 Å². The molecule has 0 atom stereocenters. The summed E-state index contributed by atoms with van der Waals surface area (Å²) in [6.45, 7) is 4.01. The second-order valence-corrected chi connectivity index (χ2v) is 4.52. The molecule has 0 saturated heterocycles. The molecule has 3 rings (SSSR count). The van der Waals surface area contributed by atoms with Crippen molar-refractivity contribution in [2.24, 2.45) is 0 Å². The van der Waals surface area contributed by atoms with E-state index in [2.05, 4.69) is 5.32 Å². The number of fused-ring (bicyclic) bond motifs is 2. The normalized spacial score (nSPS) is 12.2. The van der Waals surface area contributed by atoms with Gasteiger partial charge in [-0.2, -0.15) is 0 Å². The van der Waals surface area contributed by atoms with E-state index in [1.807, 2.05) is 56.3 Å². The quantitative estimate of drug-likeness (QED) is 0.724. The van der Waals surface area contributed by atoms with Crippen LogP contribution in [0.1, 0.15) is 13.8 Å². The Labute approximate surface area is 106 Å². The Balaban J connectivity index is 2.02. The van der Waals surface area contributed by atoms with Crippen LogP contribution in [0.5, 0.6) is 17.2 Å². The maximum atomic E-state index is 5.92. The third kappa shape index (κ3) is 1.88. The van der Waals surface area contributed by atoms with Gasteiger partial charge in [-0.1, -0.05) is 18.2 Å². The first-order valence-corrected chi connectivity index (χ1v) is 6.07. The van der Waals surface area contributed by atoms with E-state index in [0.29, 0.717) is 0 Å². The van der Waals surface area contributed by atoms with E-state index in [0.717, 1.165) is 28.6 Å². The van der Waals surface area contributed by atoms with Crippen LogP contribution in [0.2, 0.25) is 0 Å². The summed E-state index contributed by atoms with van der Waals surface area (Å²) in [4.78, 5) is 0. The smallest absolute Gasteiger partial charge is 0.192 e. The molecule has 0 radical (unpaired) electrons. The number of rotatable bonds is 2. The average Bonchev–Trinajstić information content (AvgIpc) is 2.36. The van der Waals surface area contributed by atoms with Crippen molar-refractivity contribution < 1.29 is 9.47 Å². The molecule has 0 bridgehead atoms. The molecule has 3 heteroatoms. The summed E-state index contributed by atoms with van der Waals surface area (Å²) in [6.07, 6.45) is 0.122. The zero-order chi connectivity index (χ0) is 12.5. The van der Waals surface area contributed by atoms with Gasteiger partial charge in [0.15, 0.2) is 17.2 Å². The molecule has 0 amide bonds. The van der Waals surface area contributed by atoms with Crippen LogP contribution in [0.4, 0.5) is 11.4 Å². The second kappa shape index (κ2) is 4.26. The van der Waals surface area contributed by atoms with Crippen LogP contribution in [0, 0.1) is 0 Å². The molecule has 1 N–H and O–H groups in total. The van der Waals surface area contributed by atoms with Crippen LogP contribution in [0.3, 0.4) is 0 Å². The third-order valence-corrected chi connectivity index (χ3v) is 2.71. The molecule has 0 aromatic heterocycles. The van der Waals surface area contributed by atoms with Gasteiger partial charge < -0.3 is 14.8 Å². The zero-order valence-corrected chi connectivity index (χ0v) is 10.4. The molecule has 92 valence electrons. The molecule has 1 aliphatic heterocycles. The van der Waals surface area contributed by atoms with Gasteiger partial charge in [-0.05, 0) is 38.1 Å². The Morgan fingerprint density at radius 2 is 1.78 bits per heavy atom. The summed E-state index contributed by atoms with van der Waals surface area (Å²) in [5.41, 5.74) is 1.92. The van der Waals surface area contributed by atoms with E-state index in [1.165, 1.54) is 0 Å². The van der Waals surface area contributed by atoms with E-state index in [4.69, 9.17) is 9.47 Å². The fourth-order valence-corrected chi connectivity index (χ4v) is 1.98. The van der Waals surface area contributed by atoms with E-state index in [9.17, 15) is 0 Å². The van der Waals surface area contributed by atoms with Crippen molar-refractivity contribution in [1.82, 2.24) is 0 Å². The van der Waals surface area contributed by atoms with E-state index in [-0.39, 0.29) is 6.10 Å². The highest BCUT2D eigenvalue weighted by atomic mass is 16.5. The van der Waals surface area contributed by atoms with Crippen LogP contribution in [-0.2, 0) is 0 Å². The van der Waals surface area contributed by atoms with Gasteiger partial charge >= 0.3 is 0 Å². The predicted octanol–water partition coefficient (Wildman–Crippen LogP) is 4.32. The highest BCUT2D eigenvalue weighted by Gasteiger charge is 2.20.